The summed E-state index contributed by atoms with van der Waals surface area (Å²) in [5.74, 6) is 0.467. The van der Waals surface area contributed by atoms with Gasteiger partial charge in [0.05, 0.1) is 0 Å². The zero-order valence-corrected chi connectivity index (χ0v) is 8.88. The number of benzene rings is 2. The van der Waals surface area contributed by atoms with Crippen molar-refractivity contribution in [3.63, 3.8) is 0 Å². The molecule has 0 heterocycles. The molecule has 0 radical (unpaired) electrons. The lowest BCUT2D eigenvalue weighted by Crippen LogP contribution is -2.02. The predicted molar refractivity (Wildman–Crippen MR) is 62.4 cm³/mol. The molecule has 3 rings (SSSR count). The van der Waals surface area contributed by atoms with Gasteiger partial charge in [-0.25, -0.2) is 0 Å². The maximum atomic E-state index is 9.86. The molecule has 1 aliphatic rings. The van der Waals surface area contributed by atoms with Crippen LogP contribution in [0.15, 0.2) is 24.3 Å². The first-order valence-corrected chi connectivity index (χ1v) is 5.50. The number of hydrogen-bond acceptors (Lipinski definition) is 1. The highest BCUT2D eigenvalue weighted by atomic mass is 16.3. The Morgan fingerprint density at radius 3 is 2.80 bits per heavy atom. The van der Waals surface area contributed by atoms with Crippen molar-refractivity contribution in [2.45, 2.75) is 26.2 Å². The number of phenolic OH excluding ortho intramolecular Hbond substituents is 1. The van der Waals surface area contributed by atoms with Gasteiger partial charge < -0.3 is 5.11 Å². The molecule has 0 unspecified atom stereocenters. The van der Waals surface area contributed by atoms with Crippen molar-refractivity contribution in [1.29, 1.82) is 0 Å². The highest BCUT2D eigenvalue weighted by Gasteiger charge is 2.16. The molecule has 0 atom stereocenters. The van der Waals surface area contributed by atoms with E-state index in [1.807, 2.05) is 12.1 Å². The second kappa shape index (κ2) is 2.99. The zero-order chi connectivity index (χ0) is 10.4. The van der Waals surface area contributed by atoms with E-state index in [1.54, 1.807) is 0 Å². The van der Waals surface area contributed by atoms with Crippen LogP contribution < -0.4 is 0 Å². The summed E-state index contributed by atoms with van der Waals surface area (Å²) in [6, 6.07) is 8.27. The first-order valence-electron chi connectivity index (χ1n) is 5.50. The molecule has 15 heavy (non-hydrogen) atoms. The molecule has 2 aromatic rings. The standard InChI is InChI=1S/C14H14O/c1-9-5-6-10-3-2-4-12-13(15)8-7-11(9)14(10)12/h5-8,15H,2-4H2,1H3. The molecule has 0 amide bonds. The lowest BCUT2D eigenvalue weighted by atomic mass is 9.86. The van der Waals surface area contributed by atoms with Crippen molar-refractivity contribution in [3.8, 4) is 5.75 Å². The van der Waals surface area contributed by atoms with Gasteiger partial charge in [0, 0.05) is 5.56 Å². The Kier molecular flexibility index (Phi) is 1.75. The van der Waals surface area contributed by atoms with Gasteiger partial charge in [0.15, 0.2) is 0 Å². The van der Waals surface area contributed by atoms with Crippen molar-refractivity contribution in [2.24, 2.45) is 0 Å². The molecule has 0 saturated heterocycles. The van der Waals surface area contributed by atoms with Crippen LogP contribution in [0.4, 0.5) is 0 Å². The Morgan fingerprint density at radius 1 is 1.07 bits per heavy atom. The Labute approximate surface area is 89.4 Å². The van der Waals surface area contributed by atoms with Gasteiger partial charge in [-0.3, -0.25) is 0 Å². The van der Waals surface area contributed by atoms with Crippen LogP contribution in [0, 0.1) is 6.92 Å². The summed E-state index contributed by atoms with van der Waals surface area (Å²) in [7, 11) is 0. The topological polar surface area (TPSA) is 20.2 Å². The Hall–Kier alpha value is -1.50. The third-order valence-corrected chi connectivity index (χ3v) is 3.44. The molecule has 0 saturated carbocycles. The molecule has 0 fully saturated rings. The Bertz CT molecular complexity index is 541. The quantitative estimate of drug-likeness (QED) is 0.688. The average Bonchev–Trinajstić information content (AvgIpc) is 2.26. The number of aryl methyl sites for hydroxylation is 3. The molecule has 1 heteroatoms. The van der Waals surface area contributed by atoms with Gasteiger partial charge >= 0.3 is 0 Å². The fraction of sp³-hybridized carbons (Fsp3) is 0.286. The Morgan fingerprint density at radius 2 is 1.93 bits per heavy atom. The lowest BCUT2D eigenvalue weighted by molar-refractivity contribution is 0.467. The van der Waals surface area contributed by atoms with E-state index < -0.39 is 0 Å². The minimum atomic E-state index is 0.467. The van der Waals surface area contributed by atoms with Crippen LogP contribution in [0.5, 0.6) is 5.75 Å². The fourth-order valence-corrected chi connectivity index (χ4v) is 2.65. The number of rotatable bonds is 0. The first-order chi connectivity index (χ1) is 7.27. The molecular weight excluding hydrogens is 184 g/mol. The van der Waals surface area contributed by atoms with Crippen LogP contribution in [-0.2, 0) is 12.8 Å². The van der Waals surface area contributed by atoms with Gasteiger partial charge in [0.2, 0.25) is 0 Å². The Balaban J connectivity index is 2.52. The third kappa shape index (κ3) is 1.16. The molecule has 0 aromatic heterocycles. The van der Waals surface area contributed by atoms with Crippen molar-refractivity contribution in [2.75, 3.05) is 0 Å². The molecule has 2 aromatic carbocycles. The highest BCUT2D eigenvalue weighted by Crippen LogP contribution is 2.36. The molecule has 1 nitrogen and oxygen atoms in total. The van der Waals surface area contributed by atoms with E-state index in [-0.39, 0.29) is 0 Å². The van der Waals surface area contributed by atoms with Crippen LogP contribution in [0.1, 0.15) is 23.1 Å². The summed E-state index contributed by atoms with van der Waals surface area (Å²) in [5, 5.41) is 12.5. The first kappa shape index (κ1) is 8.78. The van der Waals surface area contributed by atoms with E-state index >= 15 is 0 Å². The molecule has 76 valence electrons. The van der Waals surface area contributed by atoms with Crippen molar-refractivity contribution in [3.05, 3.63) is 41.0 Å². The van der Waals surface area contributed by atoms with Gasteiger partial charge in [-0.05, 0) is 54.2 Å². The summed E-state index contributed by atoms with van der Waals surface area (Å²) in [6.45, 7) is 2.13. The lowest BCUT2D eigenvalue weighted by Gasteiger charge is -2.19. The van der Waals surface area contributed by atoms with E-state index in [0.29, 0.717) is 5.75 Å². The molecule has 0 bridgehead atoms. The zero-order valence-electron chi connectivity index (χ0n) is 8.88. The molecule has 1 aliphatic carbocycles. The highest BCUT2D eigenvalue weighted by molar-refractivity contribution is 5.93. The summed E-state index contributed by atoms with van der Waals surface area (Å²) in [5.41, 5.74) is 3.85. The van der Waals surface area contributed by atoms with Crippen molar-refractivity contribution in [1.82, 2.24) is 0 Å². The average molecular weight is 198 g/mol. The second-order valence-corrected chi connectivity index (χ2v) is 4.38. The van der Waals surface area contributed by atoms with E-state index in [1.165, 1.54) is 21.9 Å². The maximum absolute atomic E-state index is 9.86. The number of phenols is 1. The monoisotopic (exact) mass is 198 g/mol. The van der Waals surface area contributed by atoms with Crippen LogP contribution in [0.2, 0.25) is 0 Å². The van der Waals surface area contributed by atoms with Crippen LogP contribution in [0.3, 0.4) is 0 Å². The van der Waals surface area contributed by atoms with Gasteiger partial charge in [0.1, 0.15) is 5.75 Å². The van der Waals surface area contributed by atoms with Gasteiger partial charge in [-0.15, -0.1) is 0 Å². The summed E-state index contributed by atoms with van der Waals surface area (Å²) in [4.78, 5) is 0. The number of aromatic hydroxyl groups is 1. The summed E-state index contributed by atoms with van der Waals surface area (Å²) in [6.07, 6.45) is 3.32. The summed E-state index contributed by atoms with van der Waals surface area (Å²) < 4.78 is 0. The number of hydrogen-bond donors (Lipinski definition) is 1. The van der Waals surface area contributed by atoms with Crippen LogP contribution >= 0.6 is 0 Å². The van der Waals surface area contributed by atoms with Crippen LogP contribution in [-0.4, -0.2) is 5.11 Å². The largest absolute Gasteiger partial charge is 0.508 e. The van der Waals surface area contributed by atoms with E-state index in [4.69, 9.17) is 0 Å². The SMILES string of the molecule is Cc1ccc2c3c(c(O)ccc13)CCC2. The molecule has 0 spiro atoms. The van der Waals surface area contributed by atoms with Crippen molar-refractivity contribution >= 4 is 10.8 Å². The predicted octanol–water partition coefficient (Wildman–Crippen LogP) is 3.34. The smallest absolute Gasteiger partial charge is 0.119 e. The second-order valence-electron chi connectivity index (χ2n) is 4.38. The molecular formula is C14H14O. The maximum Gasteiger partial charge on any atom is 0.119 e. The van der Waals surface area contributed by atoms with E-state index in [0.717, 1.165) is 24.8 Å². The van der Waals surface area contributed by atoms with Crippen LogP contribution in [0.25, 0.3) is 10.8 Å². The van der Waals surface area contributed by atoms with E-state index in [2.05, 4.69) is 19.1 Å². The minimum absolute atomic E-state index is 0.467. The third-order valence-electron chi connectivity index (χ3n) is 3.44. The van der Waals surface area contributed by atoms with Gasteiger partial charge in [-0.1, -0.05) is 18.2 Å². The van der Waals surface area contributed by atoms with E-state index in [9.17, 15) is 5.11 Å². The van der Waals surface area contributed by atoms with Crippen molar-refractivity contribution < 1.29 is 5.11 Å². The van der Waals surface area contributed by atoms with Gasteiger partial charge in [0.25, 0.3) is 0 Å². The minimum Gasteiger partial charge on any atom is -0.508 e. The summed E-state index contributed by atoms with van der Waals surface area (Å²) >= 11 is 0. The molecule has 1 N–H and O–H groups in total. The fourth-order valence-electron chi connectivity index (χ4n) is 2.65. The van der Waals surface area contributed by atoms with Gasteiger partial charge in [-0.2, -0.15) is 0 Å². The normalized spacial score (nSPS) is 14.5. The molecule has 0 aliphatic heterocycles.